The molecule has 1 aromatic carbocycles. The zero-order valence-corrected chi connectivity index (χ0v) is 21.5. The Morgan fingerprint density at radius 2 is 1.72 bits per heavy atom. The maximum absolute atomic E-state index is 13.5. The molecule has 4 rings (SSSR count). The smallest absolute Gasteiger partial charge is 0.213 e. The van der Waals surface area contributed by atoms with E-state index < -0.39 is 21.2 Å². The summed E-state index contributed by atoms with van der Waals surface area (Å²) in [7, 11) is -0.845. The molecule has 0 N–H and O–H groups in total. The van der Waals surface area contributed by atoms with Gasteiger partial charge in [-0.15, -0.1) is 10.2 Å². The maximum Gasteiger partial charge on any atom is 0.213 e. The van der Waals surface area contributed by atoms with E-state index in [-0.39, 0.29) is 17.4 Å². The predicted molar refractivity (Wildman–Crippen MR) is 134 cm³/mol. The molecule has 188 valence electrons. The van der Waals surface area contributed by atoms with Crippen LogP contribution in [0.2, 0.25) is 5.02 Å². The second-order valence-electron chi connectivity index (χ2n) is 8.00. The molecule has 0 fully saturated rings. The van der Waals surface area contributed by atoms with E-state index >= 15 is 0 Å². The molecule has 10 nitrogen and oxygen atoms in total. The van der Waals surface area contributed by atoms with Crippen LogP contribution in [0.1, 0.15) is 30.2 Å². The summed E-state index contributed by atoms with van der Waals surface area (Å²) in [5.74, 6) is 0.975. The lowest BCUT2D eigenvalue weighted by Gasteiger charge is -2.21. The summed E-state index contributed by atoms with van der Waals surface area (Å²) in [5, 5.41) is 7.91. The minimum absolute atomic E-state index is 0.227. The number of aromatic nitrogens is 6. The Hall–Kier alpha value is -3.41. The molecule has 3 aromatic heterocycles. The molecule has 0 saturated heterocycles. The molecule has 3 heterocycles. The van der Waals surface area contributed by atoms with E-state index in [0.29, 0.717) is 29.0 Å². The molecule has 0 aliphatic rings. The lowest BCUT2D eigenvalue weighted by atomic mass is 10.2. The summed E-state index contributed by atoms with van der Waals surface area (Å²) in [5.41, 5.74) is 1.47. The van der Waals surface area contributed by atoms with Gasteiger partial charge < -0.3 is 14.0 Å². The molecule has 0 aliphatic carbocycles. The van der Waals surface area contributed by atoms with Crippen LogP contribution in [0.3, 0.4) is 0 Å². The van der Waals surface area contributed by atoms with Crippen molar-refractivity contribution in [1.82, 2.24) is 29.7 Å². The molecule has 36 heavy (non-hydrogen) atoms. The minimum atomic E-state index is -3.79. The number of sulfone groups is 1. The zero-order chi connectivity index (χ0) is 25.7. The molecule has 2 atom stereocenters. The highest BCUT2D eigenvalue weighted by molar-refractivity contribution is 7.91. The Morgan fingerprint density at radius 3 is 2.39 bits per heavy atom. The molecular weight excluding hydrogens is 504 g/mol. The van der Waals surface area contributed by atoms with Gasteiger partial charge in [0, 0.05) is 25.6 Å². The van der Waals surface area contributed by atoms with Crippen LogP contribution in [-0.4, -0.2) is 57.6 Å². The van der Waals surface area contributed by atoms with Crippen LogP contribution in [0, 0.1) is 0 Å². The van der Waals surface area contributed by atoms with Gasteiger partial charge in [-0.05, 0) is 18.6 Å². The average molecular weight is 529 g/mol. The third kappa shape index (κ3) is 5.69. The Balaban J connectivity index is 1.70. The molecule has 4 aromatic rings. The van der Waals surface area contributed by atoms with Crippen molar-refractivity contribution in [2.75, 3.05) is 14.2 Å². The molecule has 0 bridgehead atoms. The summed E-state index contributed by atoms with van der Waals surface area (Å²) >= 11 is 5.88. The summed E-state index contributed by atoms with van der Waals surface area (Å²) in [6.07, 6.45) is 1.91. The summed E-state index contributed by atoms with van der Waals surface area (Å²) < 4.78 is 39.5. The van der Waals surface area contributed by atoms with Gasteiger partial charge in [-0.2, -0.15) is 0 Å². The van der Waals surface area contributed by atoms with Crippen LogP contribution < -0.4 is 4.74 Å². The Kier molecular flexibility index (Phi) is 7.92. The highest BCUT2D eigenvalue weighted by atomic mass is 35.5. The van der Waals surface area contributed by atoms with Gasteiger partial charge in [0.05, 0.1) is 23.9 Å². The first-order valence-electron chi connectivity index (χ1n) is 11.0. The molecule has 0 amide bonds. The molecular formula is C24H25ClN6O4S. The molecule has 0 aliphatic heterocycles. The normalized spacial score (nSPS) is 13.3. The fourth-order valence-corrected chi connectivity index (χ4v) is 5.24. The summed E-state index contributed by atoms with van der Waals surface area (Å²) in [4.78, 5) is 12.7. The number of nitrogens with zero attached hydrogens (tertiary/aromatic N) is 6. The standard InChI is InChI=1S/C24H25ClN6O4S/c1-16(22(35-3)23-26-12-18(25)13-27-23)36(32,33)15-20-29-30-24(19-10-7-11-21(28-19)34-2)31(20)14-17-8-5-4-6-9-17/h4-13,16,22H,14-15H2,1-3H3/t16-,22-/m0/s1. The van der Waals surface area contributed by atoms with Gasteiger partial charge in [0.25, 0.3) is 0 Å². The van der Waals surface area contributed by atoms with Gasteiger partial charge in [0.15, 0.2) is 21.5 Å². The largest absolute Gasteiger partial charge is 0.481 e. The van der Waals surface area contributed by atoms with E-state index in [1.807, 2.05) is 30.3 Å². The number of hydrogen-bond acceptors (Lipinski definition) is 9. The summed E-state index contributed by atoms with van der Waals surface area (Å²) in [6, 6.07) is 14.9. The SMILES string of the molecule is COc1cccc(-c2nnc(CS(=O)(=O)[C@@H](C)[C@H](OC)c3ncc(Cl)cn3)n2Cc2ccccc2)n1. The van der Waals surface area contributed by atoms with Gasteiger partial charge in [-0.1, -0.05) is 48.0 Å². The lowest BCUT2D eigenvalue weighted by Crippen LogP contribution is -2.30. The third-order valence-corrected chi connectivity index (χ3v) is 7.88. The number of pyridine rings is 1. The maximum atomic E-state index is 13.5. The quantitative estimate of drug-likeness (QED) is 0.304. The van der Waals surface area contributed by atoms with Crippen molar-refractivity contribution in [3.05, 3.63) is 83.2 Å². The number of rotatable bonds is 10. The van der Waals surface area contributed by atoms with E-state index in [4.69, 9.17) is 21.1 Å². The van der Waals surface area contributed by atoms with Gasteiger partial charge in [0.2, 0.25) is 5.88 Å². The second-order valence-corrected chi connectivity index (χ2v) is 10.8. The molecule has 0 unspecified atom stereocenters. The van der Waals surface area contributed by atoms with E-state index in [2.05, 4.69) is 25.1 Å². The van der Waals surface area contributed by atoms with E-state index in [1.54, 1.807) is 29.7 Å². The minimum Gasteiger partial charge on any atom is -0.481 e. The fraction of sp³-hybridized carbons (Fsp3) is 0.292. The van der Waals surface area contributed by atoms with Gasteiger partial charge in [-0.25, -0.2) is 23.4 Å². The van der Waals surface area contributed by atoms with Crippen LogP contribution >= 0.6 is 11.6 Å². The number of benzene rings is 1. The number of ether oxygens (including phenoxy) is 2. The van der Waals surface area contributed by atoms with Crippen molar-refractivity contribution >= 4 is 21.4 Å². The van der Waals surface area contributed by atoms with E-state index in [9.17, 15) is 8.42 Å². The fourth-order valence-electron chi connectivity index (χ4n) is 3.69. The van der Waals surface area contributed by atoms with Crippen LogP contribution in [0.25, 0.3) is 11.5 Å². The van der Waals surface area contributed by atoms with Gasteiger partial charge in [0.1, 0.15) is 23.4 Å². The highest BCUT2D eigenvalue weighted by Gasteiger charge is 2.34. The van der Waals surface area contributed by atoms with Crippen molar-refractivity contribution < 1.29 is 17.9 Å². The van der Waals surface area contributed by atoms with Gasteiger partial charge >= 0.3 is 0 Å². The zero-order valence-electron chi connectivity index (χ0n) is 19.9. The first kappa shape index (κ1) is 25.7. The molecule has 0 spiro atoms. The molecule has 12 heteroatoms. The number of halogens is 1. The van der Waals surface area contributed by atoms with Crippen LogP contribution in [0.5, 0.6) is 5.88 Å². The van der Waals surface area contributed by atoms with Crippen LogP contribution in [0.15, 0.2) is 60.9 Å². The average Bonchev–Trinajstić information content (AvgIpc) is 3.27. The Labute approximate surface area is 214 Å². The lowest BCUT2D eigenvalue weighted by molar-refractivity contribution is 0.0948. The monoisotopic (exact) mass is 528 g/mol. The van der Waals surface area contributed by atoms with Crippen LogP contribution in [-0.2, 0) is 26.9 Å². The second kappa shape index (κ2) is 11.1. The first-order valence-corrected chi connectivity index (χ1v) is 13.1. The summed E-state index contributed by atoms with van der Waals surface area (Å²) in [6.45, 7) is 1.92. The Bertz CT molecular complexity index is 1410. The number of methoxy groups -OCH3 is 2. The number of hydrogen-bond donors (Lipinski definition) is 0. The predicted octanol–water partition coefficient (Wildman–Crippen LogP) is 3.53. The molecule has 0 saturated carbocycles. The van der Waals surface area contributed by atoms with Crippen molar-refractivity contribution in [2.45, 2.75) is 30.6 Å². The van der Waals surface area contributed by atoms with Crippen molar-refractivity contribution in [1.29, 1.82) is 0 Å². The van der Waals surface area contributed by atoms with E-state index in [1.165, 1.54) is 26.6 Å². The Morgan fingerprint density at radius 1 is 1.00 bits per heavy atom. The van der Waals surface area contributed by atoms with Crippen molar-refractivity contribution in [3.8, 4) is 17.4 Å². The third-order valence-electron chi connectivity index (χ3n) is 5.64. The van der Waals surface area contributed by atoms with Gasteiger partial charge in [-0.3, -0.25) is 0 Å². The van der Waals surface area contributed by atoms with E-state index in [0.717, 1.165) is 5.56 Å². The first-order chi connectivity index (χ1) is 17.3. The van der Waals surface area contributed by atoms with Crippen molar-refractivity contribution in [2.24, 2.45) is 0 Å². The van der Waals surface area contributed by atoms with Crippen LogP contribution in [0.4, 0.5) is 0 Å². The highest BCUT2D eigenvalue weighted by Crippen LogP contribution is 2.27. The molecule has 0 radical (unpaired) electrons. The van der Waals surface area contributed by atoms with Crippen molar-refractivity contribution in [3.63, 3.8) is 0 Å². The topological polar surface area (TPSA) is 122 Å².